The van der Waals surface area contributed by atoms with Crippen LogP contribution < -0.4 is 10.2 Å². The van der Waals surface area contributed by atoms with Crippen molar-refractivity contribution in [2.45, 2.75) is 33.2 Å². The Morgan fingerprint density at radius 2 is 1.54 bits per heavy atom. The van der Waals surface area contributed by atoms with Crippen LogP contribution in [0.1, 0.15) is 43.4 Å². The quantitative estimate of drug-likeness (QED) is 0.325. The summed E-state index contributed by atoms with van der Waals surface area (Å²) in [6.07, 6.45) is 0.253. The number of nitrogens with one attached hydrogen (secondary N) is 1. The number of ether oxygens (including phenoxy) is 1. The summed E-state index contributed by atoms with van der Waals surface area (Å²) in [5.41, 5.74) is 4.31. The Morgan fingerprint density at radius 1 is 0.892 bits per heavy atom. The van der Waals surface area contributed by atoms with Crippen molar-refractivity contribution in [3.63, 3.8) is 0 Å². The third-order valence-corrected chi connectivity index (χ3v) is 6.46. The van der Waals surface area contributed by atoms with E-state index in [1.54, 1.807) is 18.7 Å². The minimum atomic E-state index is -0.299. The Labute approximate surface area is 216 Å². The van der Waals surface area contributed by atoms with Gasteiger partial charge in [0.05, 0.1) is 32.0 Å². The number of anilines is 1. The molecular formula is C29H29N3O5. The Balaban J connectivity index is 1.22. The van der Waals surface area contributed by atoms with E-state index >= 15 is 0 Å². The van der Waals surface area contributed by atoms with E-state index in [1.165, 1.54) is 0 Å². The minimum Gasteiger partial charge on any atom is -0.379 e. The summed E-state index contributed by atoms with van der Waals surface area (Å²) in [5.74, 6) is 5.42. The summed E-state index contributed by atoms with van der Waals surface area (Å²) >= 11 is 0. The zero-order valence-electron chi connectivity index (χ0n) is 21.0. The second-order valence-electron chi connectivity index (χ2n) is 8.88. The van der Waals surface area contributed by atoms with Crippen molar-refractivity contribution in [1.82, 2.24) is 10.2 Å². The molecule has 1 N–H and O–H groups in total. The molecule has 2 aliphatic rings. The molecule has 0 atom stereocenters. The van der Waals surface area contributed by atoms with Crippen molar-refractivity contribution in [3.8, 4) is 11.8 Å². The van der Waals surface area contributed by atoms with Crippen LogP contribution in [-0.4, -0.2) is 54.8 Å². The summed E-state index contributed by atoms with van der Waals surface area (Å²) in [6.45, 7) is 4.31. The van der Waals surface area contributed by atoms with Crippen LogP contribution in [0.3, 0.4) is 0 Å². The molecule has 0 fully saturated rings. The van der Waals surface area contributed by atoms with Crippen LogP contribution in [0.5, 0.6) is 0 Å². The zero-order chi connectivity index (χ0) is 26.4. The summed E-state index contributed by atoms with van der Waals surface area (Å²) in [4.78, 5) is 52.3. The summed E-state index contributed by atoms with van der Waals surface area (Å²) in [7, 11) is 0. The number of hydrogen-bond acceptors (Lipinski definition) is 5. The van der Waals surface area contributed by atoms with E-state index in [1.807, 2.05) is 48.5 Å². The van der Waals surface area contributed by atoms with Gasteiger partial charge in [0.1, 0.15) is 0 Å². The standard InChI is InChI=1S/C29H29N3O5/c1-20-21(2)29(36)31(28(20)35)16-18-37-17-14-26(33)30-15-13-27(34)32-19-24-9-4-3-7-22(24)11-12-23-8-5-6-10-25(23)32/h3-10H,13-19H2,1-2H3,(H,30,33). The number of fused-ring (bicyclic) bond motifs is 2. The monoisotopic (exact) mass is 499 g/mol. The zero-order valence-corrected chi connectivity index (χ0v) is 21.0. The first-order chi connectivity index (χ1) is 17.9. The Kier molecular flexibility index (Phi) is 8.16. The number of hydrogen-bond donors (Lipinski definition) is 1. The average molecular weight is 500 g/mol. The number of carbonyl (C=O) groups is 4. The first kappa shape index (κ1) is 25.9. The Morgan fingerprint density at radius 3 is 2.30 bits per heavy atom. The largest absolute Gasteiger partial charge is 0.379 e. The average Bonchev–Trinajstić information content (AvgIpc) is 3.07. The minimum absolute atomic E-state index is 0.110. The molecule has 37 heavy (non-hydrogen) atoms. The fraction of sp³-hybridized carbons (Fsp3) is 0.310. The van der Waals surface area contributed by atoms with E-state index in [0.717, 1.165) is 27.3 Å². The predicted molar refractivity (Wildman–Crippen MR) is 138 cm³/mol. The van der Waals surface area contributed by atoms with Gasteiger partial charge in [0.25, 0.3) is 11.8 Å². The normalized spacial score (nSPS) is 14.4. The molecule has 0 saturated carbocycles. The lowest BCUT2D eigenvalue weighted by Gasteiger charge is -2.26. The van der Waals surface area contributed by atoms with E-state index < -0.39 is 0 Å². The molecule has 8 nitrogen and oxygen atoms in total. The van der Waals surface area contributed by atoms with Gasteiger partial charge in [0.15, 0.2) is 0 Å². The summed E-state index contributed by atoms with van der Waals surface area (Å²) < 4.78 is 5.44. The molecule has 0 bridgehead atoms. The fourth-order valence-electron chi connectivity index (χ4n) is 4.18. The molecule has 0 radical (unpaired) electrons. The number of amides is 4. The first-order valence-corrected chi connectivity index (χ1v) is 12.2. The third-order valence-electron chi connectivity index (χ3n) is 6.46. The van der Waals surface area contributed by atoms with Crippen molar-refractivity contribution < 1.29 is 23.9 Å². The molecule has 2 heterocycles. The van der Waals surface area contributed by atoms with Gasteiger partial charge in [-0.25, -0.2) is 0 Å². The van der Waals surface area contributed by atoms with Crippen LogP contribution in [0.4, 0.5) is 5.69 Å². The van der Waals surface area contributed by atoms with E-state index in [-0.39, 0.29) is 62.8 Å². The van der Waals surface area contributed by atoms with Gasteiger partial charge in [-0.2, -0.15) is 0 Å². The van der Waals surface area contributed by atoms with Gasteiger partial charge in [-0.3, -0.25) is 24.1 Å². The van der Waals surface area contributed by atoms with Crippen LogP contribution >= 0.6 is 0 Å². The molecule has 0 unspecified atom stereocenters. The lowest BCUT2D eigenvalue weighted by molar-refractivity contribution is -0.138. The second kappa shape index (κ2) is 11.7. The molecule has 0 saturated heterocycles. The van der Waals surface area contributed by atoms with Crippen LogP contribution in [0.25, 0.3) is 0 Å². The van der Waals surface area contributed by atoms with E-state index in [9.17, 15) is 19.2 Å². The predicted octanol–water partition coefficient (Wildman–Crippen LogP) is 2.55. The molecule has 2 aromatic carbocycles. The number of carbonyl (C=O) groups excluding carboxylic acids is 4. The number of nitrogens with zero attached hydrogens (tertiary/aromatic N) is 2. The molecule has 4 rings (SSSR count). The number of para-hydroxylation sites is 1. The molecule has 0 aliphatic carbocycles. The number of rotatable bonds is 9. The third kappa shape index (κ3) is 5.96. The van der Waals surface area contributed by atoms with Crippen LogP contribution in [0.2, 0.25) is 0 Å². The van der Waals surface area contributed by atoms with Gasteiger partial charge in [-0.05, 0) is 37.6 Å². The molecular weight excluding hydrogens is 470 g/mol. The van der Waals surface area contributed by atoms with Crippen molar-refractivity contribution in [1.29, 1.82) is 0 Å². The van der Waals surface area contributed by atoms with Crippen molar-refractivity contribution in [2.24, 2.45) is 0 Å². The molecule has 0 spiro atoms. The lowest BCUT2D eigenvalue weighted by Crippen LogP contribution is -2.35. The van der Waals surface area contributed by atoms with Crippen molar-refractivity contribution in [2.75, 3.05) is 31.2 Å². The van der Waals surface area contributed by atoms with E-state index in [0.29, 0.717) is 17.7 Å². The van der Waals surface area contributed by atoms with Crippen LogP contribution in [0.15, 0.2) is 59.7 Å². The summed E-state index contributed by atoms with van der Waals surface area (Å²) in [6, 6.07) is 15.3. The van der Waals surface area contributed by atoms with Crippen molar-refractivity contribution in [3.05, 3.63) is 76.4 Å². The highest BCUT2D eigenvalue weighted by Crippen LogP contribution is 2.26. The highest BCUT2D eigenvalue weighted by Gasteiger charge is 2.32. The molecule has 190 valence electrons. The maximum absolute atomic E-state index is 13.2. The van der Waals surface area contributed by atoms with Gasteiger partial charge in [-0.1, -0.05) is 42.2 Å². The second-order valence-corrected chi connectivity index (χ2v) is 8.88. The highest BCUT2D eigenvalue weighted by atomic mass is 16.5. The smallest absolute Gasteiger partial charge is 0.256 e. The fourth-order valence-corrected chi connectivity index (χ4v) is 4.18. The van der Waals surface area contributed by atoms with Crippen LogP contribution in [-0.2, 0) is 30.5 Å². The molecule has 8 heteroatoms. The van der Waals surface area contributed by atoms with E-state index in [2.05, 4.69) is 17.2 Å². The van der Waals surface area contributed by atoms with Gasteiger partial charge in [0.2, 0.25) is 11.8 Å². The molecule has 2 aromatic rings. The Hall–Kier alpha value is -4.22. The lowest BCUT2D eigenvalue weighted by atomic mass is 10.0. The van der Waals surface area contributed by atoms with Crippen molar-refractivity contribution >= 4 is 29.3 Å². The van der Waals surface area contributed by atoms with E-state index in [4.69, 9.17) is 4.74 Å². The molecule has 0 aromatic heterocycles. The van der Waals surface area contributed by atoms with Crippen LogP contribution in [0, 0.1) is 11.8 Å². The van der Waals surface area contributed by atoms with Gasteiger partial charge in [-0.15, -0.1) is 0 Å². The topological polar surface area (TPSA) is 96.0 Å². The molecule has 2 aliphatic heterocycles. The first-order valence-electron chi connectivity index (χ1n) is 12.2. The van der Waals surface area contributed by atoms with Gasteiger partial charge < -0.3 is 15.0 Å². The SMILES string of the molecule is CC1=C(C)C(=O)N(CCOCCC(=O)NCCC(=O)N2Cc3ccccc3C#Cc3ccccc32)C1=O. The summed E-state index contributed by atoms with van der Waals surface area (Å²) in [5, 5.41) is 2.76. The maximum atomic E-state index is 13.2. The highest BCUT2D eigenvalue weighted by molar-refractivity contribution is 6.18. The van der Waals surface area contributed by atoms with Gasteiger partial charge in [0, 0.05) is 41.7 Å². The number of benzene rings is 2. The maximum Gasteiger partial charge on any atom is 0.256 e. The van der Waals surface area contributed by atoms with Gasteiger partial charge >= 0.3 is 0 Å². The Bertz CT molecular complexity index is 1310. The number of imide groups is 1. The molecule has 4 amide bonds.